The molecule has 4 nitrogen and oxygen atoms in total. The first kappa shape index (κ1) is 17.9. The molecule has 132 valence electrons. The van der Waals surface area contributed by atoms with Gasteiger partial charge in [-0.05, 0) is 48.0 Å². The lowest BCUT2D eigenvalue weighted by molar-refractivity contribution is 0.415. The maximum absolute atomic E-state index is 5.55. The molecule has 1 aromatic heterocycles. The fourth-order valence-electron chi connectivity index (χ4n) is 2.82. The molecule has 0 unspecified atom stereocenters. The molecule has 5 heteroatoms. The number of hydrogen-bond donors (Lipinski definition) is 2. The third-order valence-corrected chi connectivity index (χ3v) is 4.35. The number of pyridine rings is 1. The number of thiocarbonyl (C=S) groups is 1. The Balaban J connectivity index is 1.86. The average molecular weight is 363 g/mol. The van der Waals surface area contributed by atoms with Gasteiger partial charge < -0.3 is 15.4 Å². The van der Waals surface area contributed by atoms with Gasteiger partial charge in [-0.2, -0.15) is 0 Å². The van der Waals surface area contributed by atoms with E-state index in [0.29, 0.717) is 16.7 Å². The van der Waals surface area contributed by atoms with Crippen molar-refractivity contribution in [3.05, 3.63) is 89.6 Å². The van der Waals surface area contributed by atoms with Crippen molar-refractivity contribution in [2.75, 3.05) is 12.4 Å². The Hall–Kier alpha value is -2.92. The summed E-state index contributed by atoms with van der Waals surface area (Å²) in [5.41, 5.74) is 3.52. The largest absolute Gasteiger partial charge is 0.493 e. The van der Waals surface area contributed by atoms with E-state index in [2.05, 4.69) is 46.8 Å². The van der Waals surface area contributed by atoms with Crippen LogP contribution in [0.5, 0.6) is 5.75 Å². The van der Waals surface area contributed by atoms with Crippen LogP contribution in [0.4, 0.5) is 5.82 Å². The van der Waals surface area contributed by atoms with Crippen molar-refractivity contribution >= 4 is 23.1 Å². The smallest absolute Gasteiger partial charge is 0.174 e. The summed E-state index contributed by atoms with van der Waals surface area (Å²) in [4.78, 5) is 4.30. The third-order valence-electron chi connectivity index (χ3n) is 4.13. The summed E-state index contributed by atoms with van der Waals surface area (Å²) in [6.45, 7) is 2.10. The van der Waals surface area contributed by atoms with Crippen LogP contribution in [0, 0.1) is 6.92 Å². The highest BCUT2D eigenvalue weighted by atomic mass is 32.1. The van der Waals surface area contributed by atoms with Crippen molar-refractivity contribution in [1.29, 1.82) is 0 Å². The standard InChI is InChI=1S/C21H21N3OS/c1-15-9-6-7-12-17(15)19(16-10-4-3-5-11-16)23-21(26)24-20-18(25-2)13-8-14-22-20/h3-14,19H,1-2H3,(H2,22,23,24,26)/t19-/m0/s1. The monoisotopic (exact) mass is 363 g/mol. The minimum Gasteiger partial charge on any atom is -0.493 e. The molecule has 26 heavy (non-hydrogen) atoms. The quantitative estimate of drug-likeness (QED) is 0.655. The van der Waals surface area contributed by atoms with E-state index in [4.69, 9.17) is 17.0 Å². The molecule has 0 bridgehead atoms. The van der Waals surface area contributed by atoms with E-state index in [0.717, 1.165) is 5.56 Å². The number of aromatic nitrogens is 1. The maximum atomic E-state index is 5.55. The normalized spacial score (nSPS) is 11.5. The van der Waals surface area contributed by atoms with Crippen molar-refractivity contribution in [2.24, 2.45) is 0 Å². The molecule has 0 spiro atoms. The lowest BCUT2D eigenvalue weighted by Gasteiger charge is -2.23. The Morgan fingerprint density at radius 2 is 1.73 bits per heavy atom. The zero-order valence-electron chi connectivity index (χ0n) is 14.8. The lowest BCUT2D eigenvalue weighted by atomic mass is 9.95. The lowest BCUT2D eigenvalue weighted by Crippen LogP contribution is -2.33. The van der Waals surface area contributed by atoms with Crippen molar-refractivity contribution < 1.29 is 4.74 Å². The van der Waals surface area contributed by atoms with Gasteiger partial charge in [0.05, 0.1) is 13.2 Å². The van der Waals surface area contributed by atoms with Crippen molar-refractivity contribution in [2.45, 2.75) is 13.0 Å². The highest BCUT2D eigenvalue weighted by Gasteiger charge is 2.17. The highest BCUT2D eigenvalue weighted by molar-refractivity contribution is 7.80. The van der Waals surface area contributed by atoms with Crippen LogP contribution in [0.3, 0.4) is 0 Å². The zero-order chi connectivity index (χ0) is 18.4. The Morgan fingerprint density at radius 3 is 2.46 bits per heavy atom. The van der Waals surface area contributed by atoms with Gasteiger partial charge in [-0.15, -0.1) is 0 Å². The second-order valence-electron chi connectivity index (χ2n) is 5.85. The molecule has 0 aliphatic rings. The van der Waals surface area contributed by atoms with Crippen LogP contribution in [-0.4, -0.2) is 17.2 Å². The number of hydrogen-bond acceptors (Lipinski definition) is 3. The number of aryl methyl sites for hydroxylation is 1. The molecule has 2 N–H and O–H groups in total. The number of anilines is 1. The van der Waals surface area contributed by atoms with Crippen molar-refractivity contribution in [3.8, 4) is 5.75 Å². The zero-order valence-corrected chi connectivity index (χ0v) is 15.6. The van der Waals surface area contributed by atoms with E-state index < -0.39 is 0 Å². The fraction of sp³-hybridized carbons (Fsp3) is 0.143. The van der Waals surface area contributed by atoms with E-state index >= 15 is 0 Å². The first-order chi connectivity index (χ1) is 12.7. The summed E-state index contributed by atoms with van der Waals surface area (Å²) < 4.78 is 5.33. The third kappa shape index (κ3) is 4.18. The second kappa shape index (κ2) is 8.45. The summed E-state index contributed by atoms with van der Waals surface area (Å²) in [6.07, 6.45) is 1.70. The van der Waals surface area contributed by atoms with Gasteiger partial charge >= 0.3 is 0 Å². The predicted octanol–water partition coefficient (Wildman–Crippen LogP) is 4.47. The average Bonchev–Trinajstić information content (AvgIpc) is 2.68. The maximum Gasteiger partial charge on any atom is 0.174 e. The summed E-state index contributed by atoms with van der Waals surface area (Å²) >= 11 is 5.55. The molecule has 3 rings (SSSR count). The van der Waals surface area contributed by atoms with Crippen LogP contribution in [0.15, 0.2) is 72.9 Å². The summed E-state index contributed by atoms with van der Waals surface area (Å²) in [5.74, 6) is 1.23. The van der Waals surface area contributed by atoms with Crippen LogP contribution in [0.25, 0.3) is 0 Å². The molecule has 3 aromatic rings. The van der Waals surface area contributed by atoms with Gasteiger partial charge in [-0.25, -0.2) is 4.98 Å². The van der Waals surface area contributed by atoms with Crippen LogP contribution < -0.4 is 15.4 Å². The van der Waals surface area contributed by atoms with E-state index in [-0.39, 0.29) is 6.04 Å². The summed E-state index contributed by atoms with van der Waals surface area (Å²) in [5, 5.41) is 7.04. The molecule has 0 fully saturated rings. The first-order valence-electron chi connectivity index (χ1n) is 8.36. The van der Waals surface area contributed by atoms with Crippen LogP contribution in [0.2, 0.25) is 0 Å². The first-order valence-corrected chi connectivity index (χ1v) is 8.77. The Morgan fingerprint density at radius 1 is 1.00 bits per heavy atom. The minimum absolute atomic E-state index is 0.0629. The fourth-order valence-corrected chi connectivity index (χ4v) is 3.04. The van der Waals surface area contributed by atoms with Gasteiger partial charge in [0.1, 0.15) is 0 Å². The molecular weight excluding hydrogens is 342 g/mol. The predicted molar refractivity (Wildman–Crippen MR) is 110 cm³/mol. The molecule has 0 saturated carbocycles. The van der Waals surface area contributed by atoms with E-state index in [1.807, 2.05) is 42.5 Å². The molecule has 0 aliphatic carbocycles. The Labute approximate surface area is 159 Å². The highest BCUT2D eigenvalue weighted by Crippen LogP contribution is 2.25. The minimum atomic E-state index is -0.0629. The van der Waals surface area contributed by atoms with E-state index in [9.17, 15) is 0 Å². The number of benzene rings is 2. The van der Waals surface area contributed by atoms with Gasteiger partial charge in [0.2, 0.25) is 0 Å². The van der Waals surface area contributed by atoms with Crippen LogP contribution in [-0.2, 0) is 0 Å². The molecule has 1 atom stereocenters. The molecule has 0 amide bonds. The number of ether oxygens (including phenoxy) is 1. The molecule has 2 aromatic carbocycles. The summed E-state index contributed by atoms with van der Waals surface area (Å²) in [7, 11) is 1.61. The van der Waals surface area contributed by atoms with Crippen LogP contribution >= 0.6 is 12.2 Å². The second-order valence-corrected chi connectivity index (χ2v) is 6.26. The van der Waals surface area contributed by atoms with Gasteiger partial charge in [0.15, 0.2) is 16.7 Å². The Bertz CT molecular complexity index is 883. The Kier molecular flexibility index (Phi) is 5.81. The van der Waals surface area contributed by atoms with Crippen molar-refractivity contribution in [3.63, 3.8) is 0 Å². The molecule has 0 saturated heterocycles. The van der Waals surface area contributed by atoms with E-state index in [1.165, 1.54) is 11.1 Å². The number of nitrogens with zero attached hydrogens (tertiary/aromatic N) is 1. The van der Waals surface area contributed by atoms with Gasteiger partial charge in [-0.1, -0.05) is 54.6 Å². The molecule has 0 aliphatic heterocycles. The molecule has 0 radical (unpaired) electrons. The van der Waals surface area contributed by atoms with E-state index in [1.54, 1.807) is 13.3 Å². The van der Waals surface area contributed by atoms with Crippen LogP contribution in [0.1, 0.15) is 22.7 Å². The number of rotatable bonds is 5. The van der Waals surface area contributed by atoms with Gasteiger partial charge in [0, 0.05) is 6.20 Å². The van der Waals surface area contributed by atoms with Gasteiger partial charge in [-0.3, -0.25) is 0 Å². The van der Waals surface area contributed by atoms with Crippen molar-refractivity contribution in [1.82, 2.24) is 10.3 Å². The SMILES string of the molecule is COc1cccnc1NC(=S)N[C@@H](c1ccccc1)c1ccccc1C. The topological polar surface area (TPSA) is 46.2 Å². The van der Waals surface area contributed by atoms with Gasteiger partial charge in [0.25, 0.3) is 0 Å². The number of methoxy groups -OCH3 is 1. The summed E-state index contributed by atoms with van der Waals surface area (Å²) in [6, 6.07) is 22.1. The number of nitrogens with one attached hydrogen (secondary N) is 2. The molecule has 1 heterocycles. The molecular formula is C21H21N3OS.